The van der Waals surface area contributed by atoms with Gasteiger partial charge in [0.2, 0.25) is 0 Å². The van der Waals surface area contributed by atoms with Crippen molar-refractivity contribution >= 4 is 11.3 Å². The normalized spacial score (nSPS) is 43.7. The van der Waals surface area contributed by atoms with E-state index in [0.29, 0.717) is 6.04 Å². The van der Waals surface area contributed by atoms with Crippen LogP contribution >= 0.6 is 11.3 Å². The Hall–Kier alpha value is -0.340. The van der Waals surface area contributed by atoms with E-state index < -0.39 is 0 Å². The maximum atomic E-state index is 3.96. The van der Waals surface area contributed by atoms with Crippen LogP contribution in [0.1, 0.15) is 43.5 Å². The van der Waals surface area contributed by atoms with Gasteiger partial charge < -0.3 is 5.32 Å². The second-order valence-electron chi connectivity index (χ2n) is 6.16. The van der Waals surface area contributed by atoms with Gasteiger partial charge >= 0.3 is 0 Å². The summed E-state index contributed by atoms with van der Waals surface area (Å²) in [6.45, 7) is 2.31. The number of fused-ring (bicyclic) bond motifs is 5. The molecule has 1 aromatic heterocycles. The first kappa shape index (κ1) is 10.6. The van der Waals surface area contributed by atoms with Gasteiger partial charge in [-0.05, 0) is 60.8 Å². The zero-order valence-corrected chi connectivity index (χ0v) is 11.2. The number of hydrogen-bond donors (Lipinski definition) is 1. The second-order valence-corrected chi connectivity index (χ2v) is 7.14. The van der Waals surface area contributed by atoms with Gasteiger partial charge in [0.05, 0.1) is 0 Å². The molecule has 3 fully saturated rings. The van der Waals surface area contributed by atoms with E-state index in [1.165, 1.54) is 24.1 Å². The first-order valence-corrected chi connectivity index (χ1v) is 8.06. The van der Waals surface area contributed by atoms with E-state index in [1.54, 1.807) is 6.42 Å². The molecule has 0 saturated heterocycles. The van der Waals surface area contributed by atoms with E-state index >= 15 is 0 Å². The maximum absolute atomic E-state index is 3.96. The third kappa shape index (κ3) is 1.53. The van der Waals surface area contributed by atoms with Crippen molar-refractivity contribution in [1.29, 1.82) is 0 Å². The molecule has 0 spiro atoms. The Bertz CT molecular complexity index is 383. The largest absolute Gasteiger partial charge is 0.306 e. The monoisotopic (exact) mass is 247 g/mol. The Morgan fingerprint density at radius 2 is 2.12 bits per heavy atom. The molecule has 0 aromatic carbocycles. The van der Waals surface area contributed by atoms with Crippen LogP contribution in [0.4, 0.5) is 0 Å². The predicted octanol–water partition coefficient (Wildman–Crippen LogP) is 3.83. The lowest BCUT2D eigenvalue weighted by atomic mass is 10.0. The van der Waals surface area contributed by atoms with Gasteiger partial charge in [0.1, 0.15) is 0 Å². The molecule has 3 saturated carbocycles. The Morgan fingerprint density at radius 1 is 1.35 bits per heavy atom. The van der Waals surface area contributed by atoms with E-state index in [9.17, 15) is 0 Å². The van der Waals surface area contributed by atoms with Crippen molar-refractivity contribution < 1.29 is 0 Å². The third-order valence-corrected chi connectivity index (χ3v) is 6.41. The summed E-state index contributed by atoms with van der Waals surface area (Å²) >= 11 is 1.91. The fourth-order valence-corrected chi connectivity index (χ4v) is 5.54. The zero-order valence-electron chi connectivity index (χ0n) is 10.4. The van der Waals surface area contributed by atoms with Gasteiger partial charge in [-0.3, -0.25) is 0 Å². The van der Waals surface area contributed by atoms with Crippen molar-refractivity contribution in [3.05, 3.63) is 22.4 Å². The lowest BCUT2D eigenvalue weighted by molar-refractivity contribution is 0.418. The minimum absolute atomic E-state index is 0.616. The van der Waals surface area contributed by atoms with Crippen molar-refractivity contribution in [3.63, 3.8) is 0 Å². The Morgan fingerprint density at radius 3 is 2.71 bits per heavy atom. The van der Waals surface area contributed by atoms with Crippen LogP contribution in [-0.4, -0.2) is 6.04 Å². The lowest BCUT2D eigenvalue weighted by Gasteiger charge is -2.18. The van der Waals surface area contributed by atoms with Crippen LogP contribution in [0.15, 0.2) is 17.5 Å². The van der Waals surface area contributed by atoms with Crippen LogP contribution in [0.2, 0.25) is 0 Å². The van der Waals surface area contributed by atoms with Gasteiger partial charge in [-0.25, -0.2) is 0 Å². The summed E-state index contributed by atoms with van der Waals surface area (Å²) in [7, 11) is 0. The highest BCUT2D eigenvalue weighted by atomic mass is 32.1. The van der Waals surface area contributed by atoms with E-state index in [1.807, 2.05) is 11.3 Å². The van der Waals surface area contributed by atoms with Gasteiger partial charge in [0, 0.05) is 17.0 Å². The van der Waals surface area contributed by atoms with Crippen molar-refractivity contribution in [2.45, 2.75) is 44.7 Å². The van der Waals surface area contributed by atoms with Crippen LogP contribution in [-0.2, 0) is 0 Å². The summed E-state index contributed by atoms with van der Waals surface area (Å²) < 4.78 is 0. The molecule has 1 nitrogen and oxygen atoms in total. The lowest BCUT2D eigenvalue weighted by Crippen LogP contribution is -2.27. The van der Waals surface area contributed by atoms with Crippen molar-refractivity contribution in [2.24, 2.45) is 23.7 Å². The summed E-state index contributed by atoms with van der Waals surface area (Å²) in [5.41, 5.74) is 0. The summed E-state index contributed by atoms with van der Waals surface area (Å²) in [4.78, 5) is 1.53. The summed E-state index contributed by atoms with van der Waals surface area (Å²) in [6, 6.07) is 5.96. The van der Waals surface area contributed by atoms with Gasteiger partial charge in [-0.1, -0.05) is 13.0 Å². The Balaban J connectivity index is 1.45. The standard InChI is InChI=1S/C15H21NS/c1-2-11(12-4-3-7-17-12)16-15-13-9-5-6-10(8-9)14(13)15/h3-4,7,9-11,13-16H,2,5-6,8H2,1H3. The molecule has 0 aliphatic heterocycles. The third-order valence-electron chi connectivity index (χ3n) is 5.42. The van der Waals surface area contributed by atoms with Crippen LogP contribution < -0.4 is 5.32 Å². The van der Waals surface area contributed by atoms with Crippen LogP contribution in [0, 0.1) is 23.7 Å². The highest BCUT2D eigenvalue weighted by Crippen LogP contribution is 2.66. The molecule has 1 heterocycles. The van der Waals surface area contributed by atoms with Gasteiger partial charge in [-0.2, -0.15) is 0 Å². The van der Waals surface area contributed by atoms with Crippen molar-refractivity contribution in [3.8, 4) is 0 Å². The topological polar surface area (TPSA) is 12.0 Å². The molecule has 5 unspecified atom stereocenters. The molecule has 92 valence electrons. The molecule has 5 atom stereocenters. The second kappa shape index (κ2) is 3.83. The number of hydrogen-bond acceptors (Lipinski definition) is 2. The van der Waals surface area contributed by atoms with E-state index in [4.69, 9.17) is 0 Å². The van der Waals surface area contributed by atoms with E-state index in [0.717, 1.165) is 29.7 Å². The minimum Gasteiger partial charge on any atom is -0.306 e. The molecule has 0 amide bonds. The van der Waals surface area contributed by atoms with Gasteiger partial charge in [0.25, 0.3) is 0 Å². The number of nitrogens with one attached hydrogen (secondary N) is 1. The van der Waals surface area contributed by atoms with Crippen molar-refractivity contribution in [1.82, 2.24) is 5.32 Å². The summed E-state index contributed by atoms with van der Waals surface area (Å²) in [6.07, 6.45) is 5.84. The first-order valence-electron chi connectivity index (χ1n) is 7.18. The van der Waals surface area contributed by atoms with Crippen LogP contribution in [0.5, 0.6) is 0 Å². The van der Waals surface area contributed by atoms with E-state index in [2.05, 4.69) is 29.8 Å². The van der Waals surface area contributed by atoms with Crippen molar-refractivity contribution in [2.75, 3.05) is 0 Å². The maximum Gasteiger partial charge on any atom is 0.0414 e. The quantitative estimate of drug-likeness (QED) is 0.852. The molecular weight excluding hydrogens is 226 g/mol. The smallest absolute Gasteiger partial charge is 0.0414 e. The molecule has 4 rings (SSSR count). The average Bonchev–Trinajstić information content (AvgIpc) is 2.86. The fourth-order valence-electron chi connectivity index (χ4n) is 4.67. The highest BCUT2D eigenvalue weighted by molar-refractivity contribution is 7.10. The summed E-state index contributed by atoms with van der Waals surface area (Å²) in [5.74, 6) is 4.29. The molecule has 2 heteroatoms. The Kier molecular flexibility index (Phi) is 2.38. The zero-order chi connectivity index (χ0) is 11.4. The predicted molar refractivity (Wildman–Crippen MR) is 72.1 cm³/mol. The number of rotatable bonds is 4. The molecule has 17 heavy (non-hydrogen) atoms. The fraction of sp³-hybridized carbons (Fsp3) is 0.733. The van der Waals surface area contributed by atoms with Gasteiger partial charge in [0.15, 0.2) is 0 Å². The average molecular weight is 247 g/mol. The minimum atomic E-state index is 0.616. The molecule has 0 radical (unpaired) electrons. The SMILES string of the molecule is CCC(NC1C2C3CCC(C3)C12)c1cccs1. The Labute approximate surface area is 108 Å². The van der Waals surface area contributed by atoms with Crippen LogP contribution in [0.25, 0.3) is 0 Å². The molecule has 1 aromatic rings. The van der Waals surface area contributed by atoms with Gasteiger partial charge in [-0.15, -0.1) is 11.3 Å². The summed E-state index contributed by atoms with van der Waals surface area (Å²) in [5, 5.41) is 6.16. The van der Waals surface area contributed by atoms with E-state index in [-0.39, 0.29) is 0 Å². The van der Waals surface area contributed by atoms with Crippen LogP contribution in [0.3, 0.4) is 0 Å². The molecule has 1 N–H and O–H groups in total. The molecule has 3 aliphatic carbocycles. The molecular formula is C15H21NS. The molecule has 2 bridgehead atoms. The highest BCUT2D eigenvalue weighted by Gasteiger charge is 2.64. The first-order chi connectivity index (χ1) is 8.38. The molecule has 3 aliphatic rings. The number of thiophene rings is 1.